The van der Waals surface area contributed by atoms with E-state index in [1.165, 1.54) is 0 Å². The van der Waals surface area contributed by atoms with Crippen LogP contribution in [0.3, 0.4) is 0 Å². The Balaban J connectivity index is 1.75. The third-order valence-electron chi connectivity index (χ3n) is 3.90. The molecule has 2 atom stereocenters. The molecule has 3 aromatic rings. The van der Waals surface area contributed by atoms with Gasteiger partial charge in [-0.05, 0) is 48.9 Å². The molecule has 4 nitrogen and oxygen atoms in total. The predicted octanol–water partition coefficient (Wildman–Crippen LogP) is 4.52. The van der Waals surface area contributed by atoms with Gasteiger partial charge in [0.2, 0.25) is 0 Å². The Kier molecular flexibility index (Phi) is 6.02. The standard InChI is InChI=1S/C21H19BrN2O2/c1-15(26-18-12-10-17(22)11-13-18)21(25)24-20(16-7-3-2-4-8-16)19-9-5-6-14-23-19/h2-15,20H,1H3,(H,24,25)/t15-,20+/m0/s1. The molecule has 0 unspecified atom stereocenters. The Morgan fingerprint density at radius 2 is 1.69 bits per heavy atom. The van der Waals surface area contributed by atoms with Crippen molar-refractivity contribution in [3.63, 3.8) is 0 Å². The number of carbonyl (C=O) groups excluding carboxylic acids is 1. The van der Waals surface area contributed by atoms with Gasteiger partial charge in [-0.3, -0.25) is 9.78 Å². The molecule has 26 heavy (non-hydrogen) atoms. The molecule has 0 aliphatic heterocycles. The fourth-order valence-electron chi connectivity index (χ4n) is 2.55. The fraction of sp³-hybridized carbons (Fsp3) is 0.143. The van der Waals surface area contributed by atoms with Crippen molar-refractivity contribution in [3.8, 4) is 5.75 Å². The van der Waals surface area contributed by atoms with Crippen molar-refractivity contribution in [1.82, 2.24) is 10.3 Å². The van der Waals surface area contributed by atoms with Crippen LogP contribution in [0.5, 0.6) is 5.75 Å². The fourth-order valence-corrected chi connectivity index (χ4v) is 2.82. The maximum Gasteiger partial charge on any atom is 0.261 e. The summed E-state index contributed by atoms with van der Waals surface area (Å²) in [5.74, 6) is 0.442. The highest BCUT2D eigenvalue weighted by Gasteiger charge is 2.22. The molecule has 0 saturated carbocycles. The summed E-state index contributed by atoms with van der Waals surface area (Å²) in [4.78, 5) is 17.1. The van der Waals surface area contributed by atoms with E-state index in [2.05, 4.69) is 26.2 Å². The first-order chi connectivity index (χ1) is 12.6. The van der Waals surface area contributed by atoms with E-state index in [4.69, 9.17) is 4.74 Å². The minimum Gasteiger partial charge on any atom is -0.481 e. The molecule has 0 radical (unpaired) electrons. The van der Waals surface area contributed by atoms with Crippen molar-refractivity contribution in [1.29, 1.82) is 0 Å². The first kappa shape index (κ1) is 18.1. The summed E-state index contributed by atoms with van der Waals surface area (Å²) >= 11 is 3.38. The molecule has 1 heterocycles. The Bertz CT molecular complexity index is 799. The minimum atomic E-state index is -0.633. The summed E-state index contributed by atoms with van der Waals surface area (Å²) in [5.41, 5.74) is 1.75. The van der Waals surface area contributed by atoms with E-state index < -0.39 is 6.10 Å². The molecule has 0 aliphatic rings. The Hall–Kier alpha value is -2.66. The number of carbonyl (C=O) groups is 1. The average Bonchev–Trinajstić information content (AvgIpc) is 2.69. The van der Waals surface area contributed by atoms with Crippen LogP contribution in [0.1, 0.15) is 24.2 Å². The minimum absolute atomic E-state index is 0.201. The van der Waals surface area contributed by atoms with Crippen LogP contribution >= 0.6 is 15.9 Å². The normalized spacial score (nSPS) is 12.8. The van der Waals surface area contributed by atoms with Gasteiger partial charge in [-0.1, -0.05) is 52.3 Å². The van der Waals surface area contributed by atoms with Crippen LogP contribution in [0.4, 0.5) is 0 Å². The molecular weight excluding hydrogens is 392 g/mol. The molecule has 132 valence electrons. The summed E-state index contributed by atoms with van der Waals surface area (Å²) in [7, 11) is 0. The van der Waals surface area contributed by atoms with Crippen LogP contribution in [0, 0.1) is 0 Å². The highest BCUT2D eigenvalue weighted by atomic mass is 79.9. The number of benzene rings is 2. The maximum atomic E-state index is 12.7. The van der Waals surface area contributed by atoms with Crippen molar-refractivity contribution in [2.24, 2.45) is 0 Å². The van der Waals surface area contributed by atoms with Gasteiger partial charge in [0.25, 0.3) is 5.91 Å². The van der Waals surface area contributed by atoms with Gasteiger partial charge < -0.3 is 10.1 Å². The molecule has 3 rings (SSSR count). The van der Waals surface area contributed by atoms with Crippen molar-refractivity contribution in [2.45, 2.75) is 19.1 Å². The number of halogens is 1. The van der Waals surface area contributed by atoms with E-state index in [9.17, 15) is 4.79 Å². The zero-order valence-electron chi connectivity index (χ0n) is 14.3. The van der Waals surface area contributed by atoms with Crippen molar-refractivity contribution in [2.75, 3.05) is 0 Å². The van der Waals surface area contributed by atoms with Gasteiger partial charge in [-0.15, -0.1) is 0 Å². The molecule has 2 aromatic carbocycles. The second-order valence-corrected chi connectivity index (χ2v) is 6.74. The van der Waals surface area contributed by atoms with Crippen LogP contribution in [0.15, 0.2) is 83.5 Å². The lowest BCUT2D eigenvalue weighted by atomic mass is 10.0. The number of pyridine rings is 1. The lowest BCUT2D eigenvalue weighted by molar-refractivity contribution is -0.127. The summed E-state index contributed by atoms with van der Waals surface area (Å²) in [6, 6.07) is 22.5. The number of hydrogen-bond acceptors (Lipinski definition) is 3. The monoisotopic (exact) mass is 410 g/mol. The van der Waals surface area contributed by atoms with E-state index in [0.29, 0.717) is 5.75 Å². The Morgan fingerprint density at radius 1 is 1.00 bits per heavy atom. The van der Waals surface area contributed by atoms with Gasteiger partial charge in [0, 0.05) is 10.7 Å². The number of aromatic nitrogens is 1. The van der Waals surface area contributed by atoms with Crippen LogP contribution in [-0.2, 0) is 4.79 Å². The summed E-state index contributed by atoms with van der Waals surface area (Å²) in [6.45, 7) is 1.73. The summed E-state index contributed by atoms with van der Waals surface area (Å²) in [5, 5.41) is 3.05. The molecule has 0 bridgehead atoms. The SMILES string of the molecule is C[C@H](Oc1ccc(Br)cc1)C(=O)N[C@H](c1ccccc1)c1ccccn1. The smallest absolute Gasteiger partial charge is 0.261 e. The summed E-state index contributed by atoms with van der Waals surface area (Å²) in [6.07, 6.45) is 1.09. The average molecular weight is 411 g/mol. The lowest BCUT2D eigenvalue weighted by Gasteiger charge is -2.22. The van der Waals surface area contributed by atoms with Gasteiger partial charge in [-0.2, -0.15) is 0 Å². The molecule has 5 heteroatoms. The number of amides is 1. The van der Waals surface area contributed by atoms with E-state index >= 15 is 0 Å². The highest BCUT2D eigenvalue weighted by Crippen LogP contribution is 2.21. The second kappa shape index (κ2) is 8.63. The van der Waals surface area contributed by atoms with Crippen LogP contribution < -0.4 is 10.1 Å². The maximum absolute atomic E-state index is 12.7. The number of nitrogens with zero attached hydrogens (tertiary/aromatic N) is 1. The van der Waals surface area contributed by atoms with E-state index in [1.54, 1.807) is 13.1 Å². The topological polar surface area (TPSA) is 51.2 Å². The molecule has 0 saturated heterocycles. The quantitative estimate of drug-likeness (QED) is 0.649. The molecule has 1 amide bonds. The number of nitrogens with one attached hydrogen (secondary N) is 1. The molecule has 0 spiro atoms. The van der Waals surface area contributed by atoms with Gasteiger partial charge in [0.15, 0.2) is 6.10 Å². The molecule has 1 N–H and O–H groups in total. The van der Waals surface area contributed by atoms with E-state index in [0.717, 1.165) is 15.7 Å². The van der Waals surface area contributed by atoms with Crippen molar-refractivity contribution >= 4 is 21.8 Å². The largest absolute Gasteiger partial charge is 0.481 e. The van der Waals surface area contributed by atoms with Crippen LogP contribution in [0.25, 0.3) is 0 Å². The van der Waals surface area contributed by atoms with Crippen molar-refractivity contribution < 1.29 is 9.53 Å². The van der Waals surface area contributed by atoms with Gasteiger partial charge in [0.1, 0.15) is 5.75 Å². The van der Waals surface area contributed by atoms with Crippen LogP contribution in [0.2, 0.25) is 0 Å². The van der Waals surface area contributed by atoms with E-state index in [1.807, 2.05) is 72.8 Å². The molecule has 0 aliphatic carbocycles. The number of rotatable bonds is 6. The molecule has 0 fully saturated rings. The zero-order chi connectivity index (χ0) is 18.4. The first-order valence-corrected chi connectivity index (χ1v) is 9.11. The zero-order valence-corrected chi connectivity index (χ0v) is 15.9. The van der Waals surface area contributed by atoms with Gasteiger partial charge in [-0.25, -0.2) is 0 Å². The van der Waals surface area contributed by atoms with Gasteiger partial charge >= 0.3 is 0 Å². The molecular formula is C21H19BrN2O2. The van der Waals surface area contributed by atoms with E-state index in [-0.39, 0.29) is 11.9 Å². The van der Waals surface area contributed by atoms with Crippen molar-refractivity contribution in [3.05, 3.63) is 94.7 Å². The lowest BCUT2D eigenvalue weighted by Crippen LogP contribution is -2.39. The Labute approximate surface area is 161 Å². The predicted molar refractivity (Wildman–Crippen MR) is 105 cm³/mol. The number of ether oxygens (including phenoxy) is 1. The highest BCUT2D eigenvalue weighted by molar-refractivity contribution is 9.10. The Morgan fingerprint density at radius 3 is 2.35 bits per heavy atom. The third kappa shape index (κ3) is 4.70. The first-order valence-electron chi connectivity index (χ1n) is 8.32. The number of hydrogen-bond donors (Lipinski definition) is 1. The summed E-state index contributed by atoms with van der Waals surface area (Å²) < 4.78 is 6.71. The van der Waals surface area contributed by atoms with Gasteiger partial charge in [0.05, 0.1) is 11.7 Å². The third-order valence-corrected chi connectivity index (χ3v) is 4.43. The second-order valence-electron chi connectivity index (χ2n) is 5.82. The van der Waals surface area contributed by atoms with Crippen LogP contribution in [-0.4, -0.2) is 17.0 Å². The molecule has 1 aromatic heterocycles.